The van der Waals surface area contributed by atoms with E-state index in [2.05, 4.69) is 10.6 Å². The SMILES string of the molecule is COc1ccc(C=CC(=O)Nc2ccccc2C(=O)NC2CCCCC2)c(OC)c1OC. The highest BCUT2D eigenvalue weighted by atomic mass is 16.5. The number of nitrogens with one attached hydrogen (secondary N) is 2. The summed E-state index contributed by atoms with van der Waals surface area (Å²) in [5.74, 6) is 0.910. The van der Waals surface area contributed by atoms with Gasteiger partial charge >= 0.3 is 0 Å². The lowest BCUT2D eigenvalue weighted by Crippen LogP contribution is -2.36. The molecule has 2 N–H and O–H groups in total. The zero-order chi connectivity index (χ0) is 22.9. The molecule has 170 valence electrons. The second-order valence-corrected chi connectivity index (χ2v) is 7.60. The van der Waals surface area contributed by atoms with Gasteiger partial charge in [-0.2, -0.15) is 0 Å². The van der Waals surface area contributed by atoms with Crippen molar-refractivity contribution in [2.45, 2.75) is 38.1 Å². The summed E-state index contributed by atoms with van der Waals surface area (Å²) >= 11 is 0. The quantitative estimate of drug-likeness (QED) is 0.596. The van der Waals surface area contributed by atoms with E-state index >= 15 is 0 Å². The van der Waals surface area contributed by atoms with E-state index in [4.69, 9.17) is 14.2 Å². The number of carbonyl (C=O) groups is 2. The van der Waals surface area contributed by atoms with Crippen LogP contribution in [0.15, 0.2) is 42.5 Å². The van der Waals surface area contributed by atoms with Gasteiger partial charge in [-0.05, 0) is 43.2 Å². The Balaban J connectivity index is 1.73. The fraction of sp³-hybridized carbons (Fsp3) is 0.360. The first kappa shape index (κ1) is 23.2. The van der Waals surface area contributed by atoms with Crippen molar-refractivity contribution in [3.63, 3.8) is 0 Å². The number of rotatable bonds is 8. The lowest BCUT2D eigenvalue weighted by atomic mass is 9.95. The molecule has 1 fully saturated rings. The number of carbonyl (C=O) groups excluding carboxylic acids is 2. The first-order valence-corrected chi connectivity index (χ1v) is 10.7. The molecule has 0 unspecified atom stereocenters. The van der Waals surface area contributed by atoms with Gasteiger partial charge in [0.25, 0.3) is 5.91 Å². The van der Waals surface area contributed by atoms with Crippen LogP contribution in [0, 0.1) is 0 Å². The Labute approximate surface area is 188 Å². The van der Waals surface area contributed by atoms with Crippen LogP contribution in [0.25, 0.3) is 6.08 Å². The van der Waals surface area contributed by atoms with Gasteiger partial charge in [-0.15, -0.1) is 0 Å². The van der Waals surface area contributed by atoms with E-state index in [0.29, 0.717) is 34.1 Å². The molecule has 0 aromatic heterocycles. The molecule has 0 aliphatic heterocycles. The molecule has 0 saturated heterocycles. The molecule has 0 atom stereocenters. The summed E-state index contributed by atoms with van der Waals surface area (Å²) < 4.78 is 16.1. The van der Waals surface area contributed by atoms with Crippen LogP contribution in [0.5, 0.6) is 17.2 Å². The van der Waals surface area contributed by atoms with Crippen LogP contribution in [-0.2, 0) is 4.79 Å². The predicted molar refractivity (Wildman–Crippen MR) is 125 cm³/mol. The van der Waals surface area contributed by atoms with Gasteiger partial charge in [0.15, 0.2) is 11.5 Å². The molecular formula is C25H30N2O5. The Kier molecular flexibility index (Phi) is 8.14. The summed E-state index contributed by atoms with van der Waals surface area (Å²) in [5.41, 5.74) is 1.57. The van der Waals surface area contributed by atoms with E-state index in [1.807, 2.05) is 0 Å². The molecule has 7 heteroatoms. The minimum absolute atomic E-state index is 0.168. The molecule has 1 aliphatic carbocycles. The predicted octanol–water partition coefficient (Wildman–Crippen LogP) is 4.43. The van der Waals surface area contributed by atoms with Crippen LogP contribution in [0.3, 0.4) is 0 Å². The van der Waals surface area contributed by atoms with Crippen molar-refractivity contribution in [1.29, 1.82) is 0 Å². The highest BCUT2D eigenvalue weighted by Crippen LogP contribution is 2.40. The molecule has 0 bridgehead atoms. The highest BCUT2D eigenvalue weighted by molar-refractivity contribution is 6.07. The summed E-state index contributed by atoms with van der Waals surface area (Å²) in [6, 6.07) is 10.7. The zero-order valence-electron chi connectivity index (χ0n) is 18.8. The number of benzene rings is 2. The van der Waals surface area contributed by atoms with Crippen molar-refractivity contribution >= 4 is 23.6 Å². The molecule has 3 rings (SSSR count). The number of methoxy groups -OCH3 is 3. The van der Waals surface area contributed by atoms with Gasteiger partial charge in [0.05, 0.1) is 32.6 Å². The lowest BCUT2D eigenvalue weighted by molar-refractivity contribution is -0.111. The third-order valence-corrected chi connectivity index (χ3v) is 5.52. The van der Waals surface area contributed by atoms with E-state index < -0.39 is 0 Å². The average molecular weight is 439 g/mol. The van der Waals surface area contributed by atoms with Crippen LogP contribution in [0.4, 0.5) is 5.69 Å². The van der Waals surface area contributed by atoms with E-state index in [1.165, 1.54) is 26.7 Å². The van der Waals surface area contributed by atoms with E-state index in [9.17, 15) is 9.59 Å². The average Bonchev–Trinajstić information content (AvgIpc) is 2.82. The molecule has 0 radical (unpaired) electrons. The molecule has 2 aromatic rings. The van der Waals surface area contributed by atoms with Crippen LogP contribution < -0.4 is 24.8 Å². The Morgan fingerprint density at radius 3 is 2.31 bits per heavy atom. The number of hydrogen-bond donors (Lipinski definition) is 2. The minimum Gasteiger partial charge on any atom is -0.493 e. The van der Waals surface area contributed by atoms with Gasteiger partial charge < -0.3 is 24.8 Å². The molecule has 7 nitrogen and oxygen atoms in total. The highest BCUT2D eigenvalue weighted by Gasteiger charge is 2.19. The summed E-state index contributed by atoms with van der Waals surface area (Å²) in [4.78, 5) is 25.4. The summed E-state index contributed by atoms with van der Waals surface area (Å²) in [7, 11) is 4.59. The number of anilines is 1. The first-order valence-electron chi connectivity index (χ1n) is 10.7. The van der Waals surface area contributed by atoms with Crippen LogP contribution >= 0.6 is 0 Å². The van der Waals surface area contributed by atoms with Crippen molar-refractivity contribution in [3.8, 4) is 17.2 Å². The molecule has 32 heavy (non-hydrogen) atoms. The van der Waals surface area contributed by atoms with E-state index in [-0.39, 0.29) is 17.9 Å². The molecule has 2 aromatic carbocycles. The lowest BCUT2D eigenvalue weighted by Gasteiger charge is -2.23. The van der Waals surface area contributed by atoms with E-state index in [1.54, 1.807) is 49.6 Å². The standard InChI is InChI=1S/C25H30N2O5/c1-30-21-15-13-17(23(31-2)24(21)32-3)14-16-22(28)27-20-12-8-7-11-19(20)25(29)26-18-9-5-4-6-10-18/h7-8,11-16,18H,4-6,9-10H2,1-3H3,(H,26,29)(H,27,28). The van der Waals surface area contributed by atoms with Gasteiger partial charge in [-0.1, -0.05) is 31.4 Å². The monoisotopic (exact) mass is 438 g/mol. The van der Waals surface area contributed by atoms with Crippen molar-refractivity contribution in [1.82, 2.24) is 5.32 Å². The Bertz CT molecular complexity index is 980. The van der Waals surface area contributed by atoms with Crippen LogP contribution in [-0.4, -0.2) is 39.2 Å². The Hall–Kier alpha value is -3.48. The molecule has 0 heterocycles. The van der Waals surface area contributed by atoms with Gasteiger partial charge in [0, 0.05) is 17.7 Å². The summed E-state index contributed by atoms with van der Waals surface area (Å²) in [5, 5.41) is 5.90. The van der Waals surface area contributed by atoms with E-state index in [0.717, 1.165) is 25.7 Å². The second-order valence-electron chi connectivity index (χ2n) is 7.60. The Morgan fingerprint density at radius 1 is 0.906 bits per heavy atom. The topological polar surface area (TPSA) is 85.9 Å². The van der Waals surface area contributed by atoms with Crippen molar-refractivity contribution in [2.24, 2.45) is 0 Å². The fourth-order valence-corrected chi connectivity index (χ4v) is 3.90. The molecular weight excluding hydrogens is 408 g/mol. The van der Waals surface area contributed by atoms with Crippen molar-refractivity contribution < 1.29 is 23.8 Å². The van der Waals surface area contributed by atoms with Gasteiger partial charge in [-0.3, -0.25) is 9.59 Å². The maximum Gasteiger partial charge on any atom is 0.253 e. The largest absolute Gasteiger partial charge is 0.493 e. The Morgan fingerprint density at radius 2 is 1.62 bits per heavy atom. The van der Waals surface area contributed by atoms with Gasteiger partial charge in [-0.25, -0.2) is 0 Å². The maximum atomic E-state index is 12.8. The van der Waals surface area contributed by atoms with Crippen molar-refractivity contribution in [3.05, 3.63) is 53.6 Å². The number of para-hydroxylation sites is 1. The van der Waals surface area contributed by atoms with Crippen LogP contribution in [0.1, 0.15) is 48.0 Å². The first-order chi connectivity index (χ1) is 15.6. The molecule has 1 saturated carbocycles. The van der Waals surface area contributed by atoms with Gasteiger partial charge in [0.1, 0.15) is 0 Å². The number of hydrogen-bond acceptors (Lipinski definition) is 5. The second kappa shape index (κ2) is 11.2. The molecule has 1 aliphatic rings. The maximum absolute atomic E-state index is 12.8. The van der Waals surface area contributed by atoms with Gasteiger partial charge in [0.2, 0.25) is 11.7 Å². The van der Waals surface area contributed by atoms with Crippen molar-refractivity contribution in [2.75, 3.05) is 26.6 Å². The number of ether oxygens (including phenoxy) is 3. The molecule has 0 spiro atoms. The normalized spacial score (nSPS) is 14.1. The summed E-state index contributed by atoms with van der Waals surface area (Å²) in [6.45, 7) is 0. The fourth-order valence-electron chi connectivity index (χ4n) is 3.90. The third kappa shape index (κ3) is 5.60. The molecule has 2 amide bonds. The zero-order valence-corrected chi connectivity index (χ0v) is 18.8. The smallest absolute Gasteiger partial charge is 0.253 e. The number of amides is 2. The summed E-state index contributed by atoms with van der Waals surface area (Å²) in [6.07, 6.45) is 8.49. The van der Waals surface area contributed by atoms with Crippen LogP contribution in [0.2, 0.25) is 0 Å². The minimum atomic E-state index is -0.361. The third-order valence-electron chi connectivity index (χ3n) is 5.52.